The van der Waals surface area contributed by atoms with Crippen LogP contribution in [0.2, 0.25) is 5.02 Å². The molecule has 3 heterocycles. The molecular weight excluding hydrogens is 268 g/mol. The van der Waals surface area contributed by atoms with Crippen molar-refractivity contribution in [2.75, 3.05) is 5.73 Å². The Morgan fingerprint density at radius 2 is 2.21 bits per heavy atom. The molecule has 0 aromatic carbocycles. The van der Waals surface area contributed by atoms with Crippen LogP contribution >= 0.6 is 11.6 Å². The van der Waals surface area contributed by atoms with Crippen molar-refractivity contribution in [3.63, 3.8) is 0 Å². The maximum Gasteiger partial charge on any atom is 0.350 e. The van der Waals surface area contributed by atoms with E-state index in [0.29, 0.717) is 22.2 Å². The number of hydrogen-bond donors (Lipinski definition) is 1. The molecule has 0 radical (unpaired) electrons. The molecule has 19 heavy (non-hydrogen) atoms. The summed E-state index contributed by atoms with van der Waals surface area (Å²) in [5, 5.41) is 4.58. The van der Waals surface area contributed by atoms with Crippen molar-refractivity contribution in [2.24, 2.45) is 0 Å². The summed E-state index contributed by atoms with van der Waals surface area (Å²) < 4.78 is 2.66. The molecule has 0 aliphatic rings. The lowest BCUT2D eigenvalue weighted by Crippen LogP contribution is -2.22. The highest BCUT2D eigenvalue weighted by Crippen LogP contribution is 2.15. The van der Waals surface area contributed by atoms with Crippen LogP contribution in [0.1, 0.15) is 5.69 Å². The average molecular weight is 277 g/mol. The Balaban J connectivity index is 2.08. The van der Waals surface area contributed by atoms with Crippen molar-refractivity contribution in [3.8, 4) is 0 Å². The molecule has 3 aromatic rings. The predicted molar refractivity (Wildman–Crippen MR) is 70.0 cm³/mol. The van der Waals surface area contributed by atoms with Crippen molar-refractivity contribution in [3.05, 3.63) is 51.9 Å². The van der Waals surface area contributed by atoms with E-state index in [9.17, 15) is 4.79 Å². The summed E-state index contributed by atoms with van der Waals surface area (Å²) in [5.41, 5.74) is 6.29. The second kappa shape index (κ2) is 4.36. The van der Waals surface area contributed by atoms with Gasteiger partial charge in [0.05, 0.1) is 23.5 Å². The molecular formula is C11H9ClN6O. The molecule has 0 spiro atoms. The number of halogens is 1. The molecule has 2 N–H and O–H groups in total. The van der Waals surface area contributed by atoms with Gasteiger partial charge in [0, 0.05) is 12.4 Å². The van der Waals surface area contributed by atoms with E-state index >= 15 is 0 Å². The van der Waals surface area contributed by atoms with Crippen LogP contribution in [-0.2, 0) is 6.54 Å². The number of aromatic nitrogens is 5. The van der Waals surface area contributed by atoms with E-state index in [4.69, 9.17) is 17.3 Å². The maximum atomic E-state index is 12.1. The normalized spacial score (nSPS) is 11.0. The topological polar surface area (TPSA) is 91.1 Å². The third-order valence-corrected chi connectivity index (χ3v) is 2.97. The summed E-state index contributed by atoms with van der Waals surface area (Å²) >= 11 is 6.02. The van der Waals surface area contributed by atoms with Gasteiger partial charge in [-0.3, -0.25) is 4.98 Å². The highest BCUT2D eigenvalue weighted by molar-refractivity contribution is 6.31. The van der Waals surface area contributed by atoms with Crippen molar-refractivity contribution < 1.29 is 0 Å². The second-order valence-electron chi connectivity index (χ2n) is 3.91. The van der Waals surface area contributed by atoms with Gasteiger partial charge in [0.25, 0.3) is 0 Å². The van der Waals surface area contributed by atoms with Crippen molar-refractivity contribution >= 4 is 23.1 Å². The minimum absolute atomic E-state index is 0.157. The Bertz CT molecular complexity index is 808. The molecule has 7 nitrogen and oxygen atoms in total. The fourth-order valence-electron chi connectivity index (χ4n) is 1.74. The lowest BCUT2D eigenvalue weighted by atomic mass is 10.3. The van der Waals surface area contributed by atoms with Crippen molar-refractivity contribution in [1.82, 2.24) is 24.1 Å². The van der Waals surface area contributed by atoms with E-state index in [1.165, 1.54) is 21.5 Å². The fourth-order valence-corrected chi connectivity index (χ4v) is 1.90. The van der Waals surface area contributed by atoms with Crippen LogP contribution in [0, 0.1) is 0 Å². The smallest absolute Gasteiger partial charge is 0.350 e. The largest absolute Gasteiger partial charge is 0.384 e. The lowest BCUT2D eigenvalue weighted by Gasteiger charge is -2.03. The zero-order valence-electron chi connectivity index (χ0n) is 9.69. The molecule has 96 valence electrons. The first kappa shape index (κ1) is 11.7. The number of nitrogens with two attached hydrogens (primary N) is 1. The third-order valence-electron chi connectivity index (χ3n) is 2.63. The molecule has 0 aliphatic carbocycles. The summed E-state index contributed by atoms with van der Waals surface area (Å²) in [4.78, 5) is 20.1. The molecule has 0 bridgehead atoms. The molecule has 0 saturated heterocycles. The molecule has 3 rings (SSSR count). The summed E-state index contributed by atoms with van der Waals surface area (Å²) in [7, 11) is 0. The first-order chi connectivity index (χ1) is 9.15. The molecule has 0 atom stereocenters. The summed E-state index contributed by atoms with van der Waals surface area (Å²) in [6.45, 7) is 0.157. The van der Waals surface area contributed by atoms with Gasteiger partial charge < -0.3 is 5.73 Å². The Kier molecular flexibility index (Phi) is 2.68. The van der Waals surface area contributed by atoms with Crippen LogP contribution in [0.3, 0.4) is 0 Å². The number of nitrogen functional groups attached to an aromatic ring is 1. The van der Waals surface area contributed by atoms with E-state index in [1.807, 2.05) is 0 Å². The number of nitrogens with zero attached hydrogens (tertiary/aromatic N) is 5. The van der Waals surface area contributed by atoms with Crippen LogP contribution in [-0.4, -0.2) is 24.1 Å². The lowest BCUT2D eigenvalue weighted by molar-refractivity contribution is 0.647. The van der Waals surface area contributed by atoms with Gasteiger partial charge in [-0.05, 0) is 12.1 Å². The van der Waals surface area contributed by atoms with Crippen LogP contribution in [0.15, 0.2) is 35.5 Å². The minimum atomic E-state index is -0.280. The van der Waals surface area contributed by atoms with Gasteiger partial charge >= 0.3 is 5.69 Å². The Morgan fingerprint density at radius 3 is 3.00 bits per heavy atom. The van der Waals surface area contributed by atoms with Gasteiger partial charge in [-0.15, -0.1) is 5.10 Å². The average Bonchev–Trinajstić information content (AvgIpc) is 2.72. The third kappa shape index (κ3) is 2.04. The van der Waals surface area contributed by atoms with Crippen LogP contribution < -0.4 is 11.4 Å². The first-order valence-electron chi connectivity index (χ1n) is 5.45. The number of rotatable bonds is 2. The van der Waals surface area contributed by atoms with Crippen molar-refractivity contribution in [1.29, 1.82) is 0 Å². The SMILES string of the molecule is Nc1ccc(Cl)c(Cn2nc3cnccn3c2=O)n1. The van der Waals surface area contributed by atoms with Gasteiger partial charge in [0.1, 0.15) is 5.82 Å². The molecule has 0 aliphatic heterocycles. The summed E-state index contributed by atoms with van der Waals surface area (Å²) in [6, 6.07) is 3.24. The van der Waals surface area contributed by atoms with Gasteiger partial charge in [-0.25, -0.2) is 18.9 Å². The van der Waals surface area contributed by atoms with Gasteiger partial charge in [-0.2, -0.15) is 0 Å². The highest BCUT2D eigenvalue weighted by atomic mass is 35.5. The van der Waals surface area contributed by atoms with E-state index in [0.717, 1.165) is 0 Å². The number of pyridine rings is 1. The molecule has 8 heteroatoms. The predicted octanol–water partition coefficient (Wildman–Crippen LogP) is 0.570. The quantitative estimate of drug-likeness (QED) is 0.739. The zero-order chi connectivity index (χ0) is 13.4. The number of anilines is 1. The zero-order valence-corrected chi connectivity index (χ0v) is 10.4. The summed E-state index contributed by atoms with van der Waals surface area (Å²) in [6.07, 6.45) is 4.58. The van der Waals surface area contributed by atoms with E-state index in [2.05, 4.69) is 15.1 Å². The fraction of sp³-hybridized carbons (Fsp3) is 0.0909. The Morgan fingerprint density at radius 1 is 1.37 bits per heavy atom. The Labute approximate surface area is 112 Å². The Hall–Kier alpha value is -2.41. The van der Waals surface area contributed by atoms with Gasteiger partial charge in [0.2, 0.25) is 0 Å². The van der Waals surface area contributed by atoms with Crippen molar-refractivity contribution in [2.45, 2.75) is 6.54 Å². The highest BCUT2D eigenvalue weighted by Gasteiger charge is 2.10. The molecule has 0 fully saturated rings. The summed E-state index contributed by atoms with van der Waals surface area (Å²) in [5.74, 6) is 0.345. The minimum Gasteiger partial charge on any atom is -0.384 e. The maximum absolute atomic E-state index is 12.1. The molecule has 3 aromatic heterocycles. The first-order valence-corrected chi connectivity index (χ1v) is 5.83. The monoisotopic (exact) mass is 276 g/mol. The van der Waals surface area contributed by atoms with E-state index in [1.54, 1.807) is 18.3 Å². The standard InChI is InChI=1S/C11H9ClN6O/c12-7-1-2-9(13)15-8(7)6-18-11(19)17-4-3-14-5-10(17)16-18/h1-5H,6H2,(H2,13,15). The van der Waals surface area contributed by atoms with Crippen LogP contribution in [0.25, 0.3) is 5.65 Å². The number of hydrogen-bond acceptors (Lipinski definition) is 5. The second-order valence-corrected chi connectivity index (χ2v) is 4.32. The van der Waals surface area contributed by atoms with Gasteiger partial charge in [-0.1, -0.05) is 11.6 Å². The molecule has 0 amide bonds. The van der Waals surface area contributed by atoms with Crippen LogP contribution in [0.4, 0.5) is 5.82 Å². The molecule has 0 saturated carbocycles. The molecule has 0 unspecified atom stereocenters. The number of fused-ring (bicyclic) bond motifs is 1. The van der Waals surface area contributed by atoms with E-state index in [-0.39, 0.29) is 12.2 Å². The van der Waals surface area contributed by atoms with Crippen LogP contribution in [0.5, 0.6) is 0 Å². The van der Waals surface area contributed by atoms with E-state index < -0.39 is 0 Å². The van der Waals surface area contributed by atoms with Gasteiger partial charge in [0.15, 0.2) is 5.65 Å².